The molecule has 0 aliphatic rings. The SMILES string of the molecule is Cc1cc(C)nc(Sc2ccc(Br)cc2C=O)n1. The summed E-state index contributed by atoms with van der Waals surface area (Å²) in [6, 6.07) is 7.50. The van der Waals surface area contributed by atoms with Crippen molar-refractivity contribution >= 4 is 34.0 Å². The monoisotopic (exact) mass is 322 g/mol. The molecule has 0 saturated carbocycles. The summed E-state index contributed by atoms with van der Waals surface area (Å²) < 4.78 is 0.885. The molecule has 0 fully saturated rings. The second-order valence-corrected chi connectivity index (χ2v) is 5.76. The van der Waals surface area contributed by atoms with Gasteiger partial charge in [-0.05, 0) is 49.9 Å². The van der Waals surface area contributed by atoms with Gasteiger partial charge in [-0.25, -0.2) is 9.97 Å². The van der Waals surface area contributed by atoms with E-state index in [1.807, 2.05) is 32.0 Å². The van der Waals surface area contributed by atoms with Crippen LogP contribution in [0, 0.1) is 13.8 Å². The second kappa shape index (κ2) is 5.63. The van der Waals surface area contributed by atoms with Crippen molar-refractivity contribution in [2.24, 2.45) is 0 Å². The lowest BCUT2D eigenvalue weighted by atomic mass is 10.2. The number of aryl methyl sites for hydroxylation is 2. The van der Waals surface area contributed by atoms with Crippen LogP contribution in [0.2, 0.25) is 0 Å². The maximum Gasteiger partial charge on any atom is 0.192 e. The zero-order valence-electron chi connectivity index (χ0n) is 9.98. The van der Waals surface area contributed by atoms with Crippen LogP contribution in [-0.2, 0) is 0 Å². The maximum atomic E-state index is 11.0. The molecular formula is C13H11BrN2OS. The van der Waals surface area contributed by atoms with Crippen molar-refractivity contribution < 1.29 is 4.79 Å². The van der Waals surface area contributed by atoms with E-state index < -0.39 is 0 Å². The Morgan fingerprint density at radius 3 is 2.44 bits per heavy atom. The van der Waals surface area contributed by atoms with Crippen LogP contribution < -0.4 is 0 Å². The fraction of sp³-hybridized carbons (Fsp3) is 0.154. The largest absolute Gasteiger partial charge is 0.298 e. The molecule has 0 saturated heterocycles. The van der Waals surface area contributed by atoms with Gasteiger partial charge in [0.15, 0.2) is 11.4 Å². The average molecular weight is 323 g/mol. The molecule has 0 N–H and O–H groups in total. The molecule has 0 spiro atoms. The predicted octanol–water partition coefficient (Wildman–Crippen LogP) is 3.82. The third-order valence-corrected chi connectivity index (χ3v) is 3.71. The van der Waals surface area contributed by atoms with E-state index in [-0.39, 0.29) is 0 Å². The highest BCUT2D eigenvalue weighted by Crippen LogP contribution is 2.29. The number of hydrogen-bond donors (Lipinski definition) is 0. The van der Waals surface area contributed by atoms with E-state index in [0.717, 1.165) is 27.0 Å². The van der Waals surface area contributed by atoms with Gasteiger partial charge in [0.1, 0.15) is 0 Å². The number of aromatic nitrogens is 2. The van der Waals surface area contributed by atoms with Crippen LogP contribution in [-0.4, -0.2) is 16.3 Å². The van der Waals surface area contributed by atoms with Crippen LogP contribution in [0.5, 0.6) is 0 Å². The molecule has 3 nitrogen and oxygen atoms in total. The van der Waals surface area contributed by atoms with E-state index in [1.54, 1.807) is 6.07 Å². The van der Waals surface area contributed by atoms with Gasteiger partial charge in [-0.1, -0.05) is 15.9 Å². The molecule has 0 aliphatic carbocycles. The molecule has 1 heterocycles. The number of nitrogens with zero attached hydrogens (tertiary/aromatic N) is 2. The first kappa shape index (κ1) is 13.2. The molecule has 2 rings (SSSR count). The Bertz CT molecular complexity index is 581. The smallest absolute Gasteiger partial charge is 0.192 e. The van der Waals surface area contributed by atoms with Gasteiger partial charge in [-0.3, -0.25) is 4.79 Å². The minimum Gasteiger partial charge on any atom is -0.298 e. The summed E-state index contributed by atoms with van der Waals surface area (Å²) >= 11 is 4.75. The van der Waals surface area contributed by atoms with Gasteiger partial charge in [0, 0.05) is 26.3 Å². The van der Waals surface area contributed by atoms with Gasteiger partial charge in [0.05, 0.1) is 0 Å². The molecule has 2 aromatic rings. The summed E-state index contributed by atoms with van der Waals surface area (Å²) in [4.78, 5) is 20.6. The van der Waals surface area contributed by atoms with E-state index in [2.05, 4.69) is 25.9 Å². The van der Waals surface area contributed by atoms with Crippen molar-refractivity contribution in [3.63, 3.8) is 0 Å². The van der Waals surface area contributed by atoms with Gasteiger partial charge < -0.3 is 0 Å². The Morgan fingerprint density at radius 2 is 1.83 bits per heavy atom. The number of hydrogen-bond acceptors (Lipinski definition) is 4. The average Bonchev–Trinajstić information content (AvgIpc) is 2.30. The molecule has 5 heteroatoms. The summed E-state index contributed by atoms with van der Waals surface area (Å²) in [6.45, 7) is 3.86. The number of carbonyl (C=O) groups is 1. The van der Waals surface area contributed by atoms with Crippen molar-refractivity contribution in [2.45, 2.75) is 23.9 Å². The first-order valence-electron chi connectivity index (χ1n) is 5.33. The Hall–Kier alpha value is -1.20. The molecule has 92 valence electrons. The van der Waals surface area contributed by atoms with Crippen LogP contribution in [0.3, 0.4) is 0 Å². The molecule has 0 aliphatic heterocycles. The lowest BCUT2D eigenvalue weighted by Gasteiger charge is -2.05. The first-order chi connectivity index (χ1) is 8.58. The van der Waals surface area contributed by atoms with Crippen molar-refractivity contribution in [3.8, 4) is 0 Å². The van der Waals surface area contributed by atoms with E-state index in [9.17, 15) is 4.79 Å². The van der Waals surface area contributed by atoms with Crippen LogP contribution in [0.1, 0.15) is 21.7 Å². The third-order valence-electron chi connectivity index (χ3n) is 2.26. The number of aldehydes is 1. The van der Waals surface area contributed by atoms with Crippen LogP contribution >= 0.6 is 27.7 Å². The number of benzene rings is 1. The number of halogens is 1. The van der Waals surface area contributed by atoms with Crippen molar-refractivity contribution in [2.75, 3.05) is 0 Å². The molecular weight excluding hydrogens is 312 g/mol. The molecule has 1 aromatic heterocycles. The molecule has 1 aromatic carbocycles. The molecule has 0 bridgehead atoms. The summed E-state index contributed by atoms with van der Waals surface area (Å²) in [6.07, 6.45) is 0.843. The van der Waals surface area contributed by atoms with Crippen LogP contribution in [0.25, 0.3) is 0 Å². The summed E-state index contributed by atoms with van der Waals surface area (Å²) in [5.74, 6) is 0. The van der Waals surface area contributed by atoms with E-state index >= 15 is 0 Å². The fourth-order valence-electron chi connectivity index (χ4n) is 1.54. The van der Waals surface area contributed by atoms with Gasteiger partial charge in [0.2, 0.25) is 0 Å². The Morgan fingerprint density at radius 1 is 1.17 bits per heavy atom. The standard InChI is InChI=1S/C13H11BrN2OS/c1-8-5-9(2)16-13(15-8)18-12-4-3-11(14)6-10(12)7-17/h3-7H,1-2H3. The van der Waals surface area contributed by atoms with Crippen molar-refractivity contribution in [3.05, 3.63) is 45.7 Å². The molecule has 18 heavy (non-hydrogen) atoms. The summed E-state index contributed by atoms with van der Waals surface area (Å²) in [5, 5.41) is 0.665. The minimum absolute atomic E-state index is 0.636. The van der Waals surface area contributed by atoms with E-state index in [0.29, 0.717) is 10.7 Å². The molecule has 0 amide bonds. The highest BCUT2D eigenvalue weighted by Gasteiger charge is 2.07. The van der Waals surface area contributed by atoms with Crippen molar-refractivity contribution in [1.82, 2.24) is 9.97 Å². The normalized spacial score (nSPS) is 10.4. The number of carbonyl (C=O) groups excluding carboxylic acids is 1. The predicted molar refractivity (Wildman–Crippen MR) is 75.2 cm³/mol. The Labute approximate surface area is 118 Å². The molecule has 0 unspecified atom stereocenters. The zero-order valence-corrected chi connectivity index (χ0v) is 12.4. The molecule has 0 radical (unpaired) electrons. The van der Waals surface area contributed by atoms with Crippen LogP contribution in [0.15, 0.2) is 38.8 Å². The van der Waals surface area contributed by atoms with E-state index in [4.69, 9.17) is 0 Å². The first-order valence-corrected chi connectivity index (χ1v) is 6.94. The number of rotatable bonds is 3. The van der Waals surface area contributed by atoms with E-state index in [1.165, 1.54) is 11.8 Å². The second-order valence-electron chi connectivity index (χ2n) is 3.84. The van der Waals surface area contributed by atoms with Gasteiger partial charge in [0.25, 0.3) is 0 Å². The fourth-order valence-corrected chi connectivity index (χ4v) is 2.86. The van der Waals surface area contributed by atoms with Crippen molar-refractivity contribution in [1.29, 1.82) is 0 Å². The third kappa shape index (κ3) is 3.17. The van der Waals surface area contributed by atoms with Gasteiger partial charge in [-0.2, -0.15) is 0 Å². The molecule has 0 atom stereocenters. The highest BCUT2D eigenvalue weighted by atomic mass is 79.9. The summed E-state index contributed by atoms with van der Waals surface area (Å²) in [7, 11) is 0. The lowest BCUT2D eigenvalue weighted by molar-refractivity contribution is 0.112. The Balaban J connectivity index is 2.36. The topological polar surface area (TPSA) is 42.9 Å². The maximum absolute atomic E-state index is 11.0. The highest BCUT2D eigenvalue weighted by molar-refractivity contribution is 9.10. The summed E-state index contributed by atoms with van der Waals surface area (Å²) in [5.41, 5.74) is 2.49. The van der Waals surface area contributed by atoms with Crippen LogP contribution in [0.4, 0.5) is 0 Å². The minimum atomic E-state index is 0.636. The van der Waals surface area contributed by atoms with Gasteiger partial charge >= 0.3 is 0 Å². The Kier molecular flexibility index (Phi) is 4.14. The quantitative estimate of drug-likeness (QED) is 0.636. The van der Waals surface area contributed by atoms with Gasteiger partial charge in [-0.15, -0.1) is 0 Å². The zero-order chi connectivity index (χ0) is 13.1. The lowest BCUT2D eigenvalue weighted by Crippen LogP contribution is -1.93.